The second-order valence-corrected chi connectivity index (χ2v) is 7.17. The molecule has 1 fully saturated rings. The van der Waals surface area contributed by atoms with Crippen LogP contribution in [0.5, 0.6) is 0 Å². The summed E-state index contributed by atoms with van der Waals surface area (Å²) < 4.78 is 5.08. The molecule has 1 aromatic heterocycles. The van der Waals surface area contributed by atoms with Crippen LogP contribution in [-0.4, -0.2) is 55.5 Å². The molecule has 1 saturated heterocycles. The van der Waals surface area contributed by atoms with Gasteiger partial charge in [-0.15, -0.1) is 0 Å². The Morgan fingerprint density at radius 2 is 1.93 bits per heavy atom. The minimum atomic E-state index is -0.214. The second-order valence-electron chi connectivity index (χ2n) is 7.17. The summed E-state index contributed by atoms with van der Waals surface area (Å²) in [6.45, 7) is 6.99. The lowest BCUT2D eigenvalue weighted by molar-refractivity contribution is 0.0927. The van der Waals surface area contributed by atoms with E-state index in [2.05, 4.69) is 63.1 Å². The third kappa shape index (κ3) is 6.94. The van der Waals surface area contributed by atoms with Gasteiger partial charge in [0.05, 0.1) is 12.8 Å². The lowest BCUT2D eigenvalue weighted by atomic mass is 10.0. The standard InChI is InChI=1S/C22H31N5O2/c1-2-23-22(25-13-12-24-21(28)20-9-6-16-29-20)26-19-10-14-27(15-11-19)17-18-7-4-3-5-8-18/h3-9,16,19H,2,10-15,17H2,1H3,(H,24,28)(H2,23,25,26). The molecule has 2 heterocycles. The van der Waals surface area contributed by atoms with Crippen LogP contribution < -0.4 is 16.0 Å². The third-order valence-corrected chi connectivity index (χ3v) is 4.93. The molecule has 0 radical (unpaired) electrons. The van der Waals surface area contributed by atoms with Crippen molar-refractivity contribution in [3.8, 4) is 0 Å². The fourth-order valence-electron chi connectivity index (χ4n) is 3.42. The number of nitrogens with one attached hydrogen (secondary N) is 3. The predicted molar refractivity (Wildman–Crippen MR) is 115 cm³/mol. The molecule has 156 valence electrons. The van der Waals surface area contributed by atoms with E-state index < -0.39 is 0 Å². The van der Waals surface area contributed by atoms with Crippen LogP contribution in [-0.2, 0) is 6.54 Å². The normalized spacial score (nSPS) is 15.8. The molecule has 0 saturated carbocycles. The smallest absolute Gasteiger partial charge is 0.287 e. The summed E-state index contributed by atoms with van der Waals surface area (Å²) in [5, 5.41) is 9.64. The molecule has 1 aliphatic rings. The summed E-state index contributed by atoms with van der Waals surface area (Å²) in [7, 11) is 0. The van der Waals surface area contributed by atoms with Crippen LogP contribution in [0, 0.1) is 0 Å². The van der Waals surface area contributed by atoms with Crippen molar-refractivity contribution in [2.24, 2.45) is 4.99 Å². The largest absolute Gasteiger partial charge is 0.459 e. The zero-order chi connectivity index (χ0) is 20.3. The molecular weight excluding hydrogens is 366 g/mol. The van der Waals surface area contributed by atoms with Gasteiger partial charge in [-0.3, -0.25) is 14.7 Å². The molecule has 0 unspecified atom stereocenters. The van der Waals surface area contributed by atoms with E-state index in [1.807, 2.05) is 0 Å². The highest BCUT2D eigenvalue weighted by atomic mass is 16.3. The first-order valence-electron chi connectivity index (χ1n) is 10.4. The average Bonchev–Trinajstić information content (AvgIpc) is 3.28. The number of furan rings is 1. The molecule has 1 aliphatic heterocycles. The highest BCUT2D eigenvalue weighted by molar-refractivity contribution is 5.91. The van der Waals surface area contributed by atoms with Crippen LogP contribution in [0.25, 0.3) is 0 Å². The fourth-order valence-corrected chi connectivity index (χ4v) is 3.42. The molecule has 0 aliphatic carbocycles. The maximum Gasteiger partial charge on any atom is 0.287 e. The molecule has 0 atom stereocenters. The summed E-state index contributed by atoms with van der Waals surface area (Å²) in [5.74, 6) is 0.913. The van der Waals surface area contributed by atoms with E-state index in [0.717, 1.165) is 45.0 Å². The van der Waals surface area contributed by atoms with Gasteiger partial charge in [-0.1, -0.05) is 30.3 Å². The number of amides is 1. The summed E-state index contributed by atoms with van der Waals surface area (Å²) in [5.41, 5.74) is 1.37. The number of nitrogens with zero attached hydrogens (tertiary/aromatic N) is 2. The van der Waals surface area contributed by atoms with Crippen molar-refractivity contribution in [3.63, 3.8) is 0 Å². The Balaban J connectivity index is 1.39. The van der Waals surface area contributed by atoms with Crippen LogP contribution in [0.15, 0.2) is 58.1 Å². The number of carbonyl (C=O) groups is 1. The van der Waals surface area contributed by atoms with Gasteiger partial charge >= 0.3 is 0 Å². The highest BCUT2D eigenvalue weighted by Gasteiger charge is 2.20. The van der Waals surface area contributed by atoms with Crippen molar-refractivity contribution in [1.82, 2.24) is 20.9 Å². The maximum atomic E-state index is 11.9. The van der Waals surface area contributed by atoms with Gasteiger partial charge < -0.3 is 20.4 Å². The number of piperidine rings is 1. The monoisotopic (exact) mass is 397 g/mol. The summed E-state index contributed by atoms with van der Waals surface area (Å²) >= 11 is 0. The van der Waals surface area contributed by atoms with E-state index in [9.17, 15) is 4.79 Å². The minimum absolute atomic E-state index is 0.214. The number of benzene rings is 1. The molecular formula is C22H31N5O2. The number of aliphatic imine (C=N–C) groups is 1. The van der Waals surface area contributed by atoms with E-state index in [-0.39, 0.29) is 5.91 Å². The minimum Gasteiger partial charge on any atom is -0.459 e. The van der Waals surface area contributed by atoms with Crippen molar-refractivity contribution < 1.29 is 9.21 Å². The molecule has 0 bridgehead atoms. The number of rotatable bonds is 8. The number of likely N-dealkylation sites (tertiary alicyclic amines) is 1. The number of hydrogen-bond acceptors (Lipinski definition) is 4. The van der Waals surface area contributed by atoms with Gasteiger partial charge in [0.25, 0.3) is 5.91 Å². The Bertz CT molecular complexity index is 753. The van der Waals surface area contributed by atoms with Gasteiger partial charge in [-0.25, -0.2) is 0 Å². The van der Waals surface area contributed by atoms with Gasteiger partial charge in [0, 0.05) is 38.8 Å². The zero-order valence-corrected chi connectivity index (χ0v) is 17.1. The predicted octanol–water partition coefficient (Wildman–Crippen LogP) is 2.23. The van der Waals surface area contributed by atoms with Crippen molar-refractivity contribution >= 4 is 11.9 Å². The Morgan fingerprint density at radius 1 is 1.14 bits per heavy atom. The summed E-state index contributed by atoms with van der Waals surface area (Å²) in [6, 6.07) is 14.4. The first-order chi connectivity index (χ1) is 14.2. The van der Waals surface area contributed by atoms with Crippen LogP contribution in [0.3, 0.4) is 0 Å². The SMILES string of the molecule is CCNC(=NCCNC(=O)c1ccco1)NC1CCN(Cc2ccccc2)CC1. The van der Waals surface area contributed by atoms with Crippen LogP contribution in [0.2, 0.25) is 0 Å². The molecule has 3 N–H and O–H groups in total. The first-order valence-corrected chi connectivity index (χ1v) is 10.4. The van der Waals surface area contributed by atoms with Crippen molar-refractivity contribution in [2.75, 3.05) is 32.7 Å². The van der Waals surface area contributed by atoms with Gasteiger partial charge in [-0.2, -0.15) is 0 Å². The van der Waals surface area contributed by atoms with Crippen LogP contribution >= 0.6 is 0 Å². The maximum absolute atomic E-state index is 11.9. The van der Waals surface area contributed by atoms with E-state index in [1.165, 1.54) is 11.8 Å². The lowest BCUT2D eigenvalue weighted by Crippen LogP contribution is -2.48. The van der Waals surface area contributed by atoms with Gasteiger partial charge in [0.2, 0.25) is 0 Å². The van der Waals surface area contributed by atoms with Crippen LogP contribution in [0.1, 0.15) is 35.9 Å². The Labute approximate surface area is 172 Å². The Morgan fingerprint density at radius 3 is 2.62 bits per heavy atom. The lowest BCUT2D eigenvalue weighted by Gasteiger charge is -2.33. The molecule has 1 aromatic carbocycles. The van der Waals surface area contributed by atoms with Crippen LogP contribution in [0.4, 0.5) is 0 Å². The average molecular weight is 398 g/mol. The highest BCUT2D eigenvalue weighted by Crippen LogP contribution is 2.13. The van der Waals surface area contributed by atoms with E-state index in [1.54, 1.807) is 12.1 Å². The molecule has 29 heavy (non-hydrogen) atoms. The molecule has 3 rings (SSSR count). The topological polar surface area (TPSA) is 81.9 Å². The third-order valence-electron chi connectivity index (χ3n) is 4.93. The molecule has 7 nitrogen and oxygen atoms in total. The van der Waals surface area contributed by atoms with Crippen molar-refractivity contribution in [3.05, 3.63) is 60.1 Å². The Kier molecular flexibility index (Phi) is 8.12. The summed E-state index contributed by atoms with van der Waals surface area (Å²) in [6.07, 6.45) is 3.67. The van der Waals surface area contributed by atoms with E-state index in [4.69, 9.17) is 4.42 Å². The number of hydrogen-bond donors (Lipinski definition) is 3. The van der Waals surface area contributed by atoms with Gasteiger partial charge in [0.1, 0.15) is 0 Å². The number of guanidine groups is 1. The second kappa shape index (κ2) is 11.3. The quantitative estimate of drug-likeness (QED) is 0.362. The fraction of sp³-hybridized carbons (Fsp3) is 0.455. The van der Waals surface area contributed by atoms with Gasteiger partial charge in [0.15, 0.2) is 11.7 Å². The van der Waals surface area contributed by atoms with E-state index >= 15 is 0 Å². The zero-order valence-electron chi connectivity index (χ0n) is 17.1. The number of carbonyl (C=O) groups excluding carboxylic acids is 1. The molecule has 1 amide bonds. The summed E-state index contributed by atoms with van der Waals surface area (Å²) in [4.78, 5) is 19.0. The molecule has 7 heteroatoms. The first kappa shape index (κ1) is 20.9. The molecule has 2 aromatic rings. The molecule has 0 spiro atoms. The van der Waals surface area contributed by atoms with Crippen molar-refractivity contribution in [1.29, 1.82) is 0 Å². The Hall–Kier alpha value is -2.80. The van der Waals surface area contributed by atoms with Gasteiger partial charge in [-0.05, 0) is 37.5 Å². The van der Waals surface area contributed by atoms with Crippen molar-refractivity contribution in [2.45, 2.75) is 32.4 Å². The van der Waals surface area contributed by atoms with E-state index in [0.29, 0.717) is 24.9 Å².